The van der Waals surface area contributed by atoms with E-state index in [1.165, 1.54) is 10.4 Å². The second-order valence-corrected chi connectivity index (χ2v) is 6.52. The summed E-state index contributed by atoms with van der Waals surface area (Å²) in [5, 5.41) is 14.6. The second-order valence-electron chi connectivity index (χ2n) is 5.57. The number of amides is 1. The number of nitrogens with one attached hydrogen (secondary N) is 1. The Hall–Kier alpha value is -1.65. The second kappa shape index (κ2) is 6.00. The van der Waals surface area contributed by atoms with Crippen molar-refractivity contribution in [2.24, 2.45) is 5.92 Å². The molecule has 3 atom stereocenters. The number of carbonyl (C=O) groups excluding carboxylic acids is 1. The van der Waals surface area contributed by atoms with Gasteiger partial charge in [0.05, 0.1) is 12.6 Å². The Morgan fingerprint density at radius 3 is 2.76 bits per heavy atom. The molecule has 1 saturated carbocycles. The Balaban J connectivity index is 1.63. The Bertz CT molecular complexity index is 623. The van der Waals surface area contributed by atoms with E-state index in [1.54, 1.807) is 11.3 Å². The summed E-state index contributed by atoms with van der Waals surface area (Å²) < 4.78 is 0. The maximum Gasteiger partial charge on any atom is 0.224 e. The van der Waals surface area contributed by atoms with Gasteiger partial charge < -0.3 is 10.4 Å². The molecule has 1 fully saturated rings. The van der Waals surface area contributed by atoms with Crippen LogP contribution in [0.2, 0.25) is 0 Å². The maximum absolute atomic E-state index is 12.3. The molecule has 0 saturated heterocycles. The standard InChI is InChI=1S/C17H19NO2S/c1-11-7-8-21-16(11)13-9-14(13)17(20)18-15(10-19)12-5-3-2-4-6-12/h2-8,13-15,19H,9-10H2,1H3,(H,18,20)/t13-,14-,15-/m1/s1. The van der Waals surface area contributed by atoms with Crippen molar-refractivity contribution < 1.29 is 9.90 Å². The van der Waals surface area contributed by atoms with Crippen molar-refractivity contribution in [2.45, 2.75) is 25.3 Å². The molecule has 110 valence electrons. The van der Waals surface area contributed by atoms with Gasteiger partial charge in [0.15, 0.2) is 0 Å². The third-order valence-corrected chi connectivity index (χ3v) is 5.22. The molecule has 0 unspecified atom stereocenters. The van der Waals surface area contributed by atoms with E-state index in [-0.39, 0.29) is 24.5 Å². The van der Waals surface area contributed by atoms with Crippen LogP contribution in [-0.4, -0.2) is 17.6 Å². The number of benzene rings is 1. The van der Waals surface area contributed by atoms with Gasteiger partial charge in [-0.15, -0.1) is 11.3 Å². The molecule has 2 N–H and O–H groups in total. The SMILES string of the molecule is Cc1ccsc1[C@@H]1C[C@H]1C(=O)N[C@H](CO)c1ccccc1. The smallest absolute Gasteiger partial charge is 0.224 e. The summed E-state index contributed by atoms with van der Waals surface area (Å²) in [4.78, 5) is 13.7. The van der Waals surface area contributed by atoms with E-state index in [4.69, 9.17) is 0 Å². The zero-order chi connectivity index (χ0) is 14.8. The van der Waals surface area contributed by atoms with Crippen molar-refractivity contribution in [3.63, 3.8) is 0 Å². The number of rotatable bonds is 5. The summed E-state index contributed by atoms with van der Waals surface area (Å²) >= 11 is 1.73. The van der Waals surface area contributed by atoms with E-state index in [0.717, 1.165) is 12.0 Å². The van der Waals surface area contributed by atoms with E-state index in [9.17, 15) is 9.90 Å². The fourth-order valence-corrected chi connectivity index (χ4v) is 3.85. The highest BCUT2D eigenvalue weighted by Gasteiger charge is 2.45. The molecule has 21 heavy (non-hydrogen) atoms. The maximum atomic E-state index is 12.3. The average molecular weight is 301 g/mol. The van der Waals surface area contributed by atoms with E-state index in [2.05, 4.69) is 23.7 Å². The predicted molar refractivity (Wildman–Crippen MR) is 84.3 cm³/mol. The van der Waals surface area contributed by atoms with Gasteiger partial charge in [0.1, 0.15) is 0 Å². The molecule has 2 aromatic rings. The van der Waals surface area contributed by atoms with Gasteiger partial charge in [-0.3, -0.25) is 4.79 Å². The van der Waals surface area contributed by atoms with Gasteiger partial charge in [-0.05, 0) is 35.9 Å². The number of carbonyl (C=O) groups is 1. The van der Waals surface area contributed by atoms with Crippen molar-refractivity contribution in [1.29, 1.82) is 0 Å². The number of aliphatic hydroxyl groups excluding tert-OH is 1. The Morgan fingerprint density at radius 2 is 2.14 bits per heavy atom. The minimum Gasteiger partial charge on any atom is -0.394 e. The third kappa shape index (κ3) is 3.01. The molecule has 0 aliphatic heterocycles. The first-order chi connectivity index (χ1) is 10.2. The van der Waals surface area contributed by atoms with E-state index in [0.29, 0.717) is 5.92 Å². The molecular weight excluding hydrogens is 282 g/mol. The van der Waals surface area contributed by atoms with Crippen molar-refractivity contribution in [1.82, 2.24) is 5.32 Å². The van der Waals surface area contributed by atoms with Gasteiger partial charge in [0.2, 0.25) is 5.91 Å². The zero-order valence-electron chi connectivity index (χ0n) is 12.0. The molecule has 1 heterocycles. The summed E-state index contributed by atoms with van der Waals surface area (Å²) in [6.45, 7) is 2.02. The molecule has 0 radical (unpaired) electrons. The highest BCUT2D eigenvalue weighted by molar-refractivity contribution is 7.10. The fourth-order valence-electron chi connectivity index (χ4n) is 2.74. The Labute approximate surface area is 128 Å². The van der Waals surface area contributed by atoms with Crippen LogP contribution in [0.4, 0.5) is 0 Å². The van der Waals surface area contributed by atoms with Crippen LogP contribution in [0.25, 0.3) is 0 Å². The lowest BCUT2D eigenvalue weighted by Gasteiger charge is -2.16. The van der Waals surface area contributed by atoms with Crippen LogP contribution in [0, 0.1) is 12.8 Å². The lowest BCUT2D eigenvalue weighted by molar-refractivity contribution is -0.123. The summed E-state index contributed by atoms with van der Waals surface area (Å²) in [5.41, 5.74) is 2.22. The van der Waals surface area contributed by atoms with Gasteiger partial charge >= 0.3 is 0 Å². The first-order valence-corrected chi connectivity index (χ1v) is 8.09. The first kappa shape index (κ1) is 14.3. The van der Waals surface area contributed by atoms with Crippen LogP contribution < -0.4 is 5.32 Å². The molecule has 1 aliphatic carbocycles. The number of hydrogen-bond acceptors (Lipinski definition) is 3. The molecule has 0 bridgehead atoms. The van der Waals surface area contributed by atoms with Crippen LogP contribution in [0.3, 0.4) is 0 Å². The summed E-state index contributed by atoms with van der Waals surface area (Å²) in [6.07, 6.45) is 0.917. The lowest BCUT2D eigenvalue weighted by Crippen LogP contribution is -2.32. The summed E-state index contributed by atoms with van der Waals surface area (Å²) in [6, 6.07) is 11.4. The zero-order valence-corrected chi connectivity index (χ0v) is 12.8. The quantitative estimate of drug-likeness (QED) is 0.892. The van der Waals surface area contributed by atoms with Crippen molar-refractivity contribution in [3.8, 4) is 0 Å². The fraction of sp³-hybridized carbons (Fsp3) is 0.353. The largest absolute Gasteiger partial charge is 0.394 e. The third-order valence-electron chi connectivity index (χ3n) is 4.07. The topological polar surface area (TPSA) is 49.3 Å². The number of hydrogen-bond donors (Lipinski definition) is 2. The minimum absolute atomic E-state index is 0.0516. The molecule has 1 aliphatic rings. The van der Waals surface area contributed by atoms with Crippen LogP contribution in [-0.2, 0) is 4.79 Å². The van der Waals surface area contributed by atoms with Crippen molar-refractivity contribution in [2.75, 3.05) is 6.61 Å². The first-order valence-electron chi connectivity index (χ1n) is 7.21. The molecule has 3 rings (SSSR count). The Morgan fingerprint density at radius 1 is 1.38 bits per heavy atom. The summed E-state index contributed by atoms with van der Waals surface area (Å²) in [7, 11) is 0. The molecule has 1 amide bonds. The van der Waals surface area contributed by atoms with Gasteiger partial charge in [0, 0.05) is 16.7 Å². The van der Waals surface area contributed by atoms with E-state index < -0.39 is 0 Å². The average Bonchev–Trinajstić information content (AvgIpc) is 3.20. The molecule has 1 aromatic heterocycles. The molecule has 3 nitrogen and oxygen atoms in total. The highest BCUT2D eigenvalue weighted by atomic mass is 32.1. The number of aryl methyl sites for hydroxylation is 1. The van der Waals surface area contributed by atoms with Gasteiger partial charge in [-0.25, -0.2) is 0 Å². The van der Waals surface area contributed by atoms with Crippen molar-refractivity contribution >= 4 is 17.2 Å². The van der Waals surface area contributed by atoms with Crippen LogP contribution in [0.1, 0.15) is 34.4 Å². The monoisotopic (exact) mass is 301 g/mol. The summed E-state index contributed by atoms with van der Waals surface area (Å²) in [5.74, 6) is 0.468. The van der Waals surface area contributed by atoms with Gasteiger partial charge in [-0.1, -0.05) is 30.3 Å². The molecule has 1 aromatic carbocycles. The van der Waals surface area contributed by atoms with Crippen LogP contribution >= 0.6 is 11.3 Å². The van der Waals surface area contributed by atoms with Crippen molar-refractivity contribution in [3.05, 3.63) is 57.8 Å². The molecular formula is C17H19NO2S. The number of thiophene rings is 1. The van der Waals surface area contributed by atoms with E-state index >= 15 is 0 Å². The van der Waals surface area contributed by atoms with Gasteiger partial charge in [-0.2, -0.15) is 0 Å². The van der Waals surface area contributed by atoms with E-state index in [1.807, 2.05) is 30.3 Å². The minimum atomic E-state index is -0.315. The van der Waals surface area contributed by atoms with Gasteiger partial charge in [0.25, 0.3) is 0 Å². The van der Waals surface area contributed by atoms with Crippen LogP contribution in [0.5, 0.6) is 0 Å². The predicted octanol–water partition coefficient (Wildman–Crippen LogP) is 3.01. The van der Waals surface area contributed by atoms with Crippen LogP contribution in [0.15, 0.2) is 41.8 Å². The lowest BCUT2D eigenvalue weighted by atomic mass is 10.1. The normalized spacial score (nSPS) is 21.8. The molecule has 4 heteroatoms. The Kier molecular flexibility index (Phi) is 4.08. The number of aliphatic hydroxyl groups is 1. The molecule has 0 spiro atoms. The highest BCUT2D eigenvalue weighted by Crippen LogP contribution is 2.50.